The first-order valence-corrected chi connectivity index (χ1v) is 11.5. The fourth-order valence-corrected chi connectivity index (χ4v) is 4.45. The fraction of sp³-hybridized carbons (Fsp3) is 0.440. The van der Waals surface area contributed by atoms with Gasteiger partial charge < -0.3 is 24.6 Å². The van der Waals surface area contributed by atoms with Crippen molar-refractivity contribution in [2.24, 2.45) is 0 Å². The first-order valence-electron chi connectivity index (χ1n) is 13.0. The van der Waals surface area contributed by atoms with E-state index in [1.54, 1.807) is 18.2 Å². The van der Waals surface area contributed by atoms with Gasteiger partial charge in [-0.2, -0.15) is 9.97 Å². The average molecular weight is 466 g/mol. The Bertz CT molecular complexity index is 1300. The number of nitrogens with zero attached hydrogens (tertiary/aromatic N) is 5. The molecule has 0 saturated carbocycles. The van der Waals surface area contributed by atoms with E-state index in [-0.39, 0.29) is 17.6 Å². The Morgan fingerprint density at radius 1 is 1.03 bits per heavy atom. The van der Waals surface area contributed by atoms with E-state index in [0.717, 1.165) is 11.2 Å². The van der Waals surface area contributed by atoms with Crippen molar-refractivity contribution in [3.05, 3.63) is 42.0 Å². The predicted octanol–water partition coefficient (Wildman–Crippen LogP) is 2.50. The molecule has 9 heteroatoms. The van der Waals surface area contributed by atoms with Gasteiger partial charge in [-0.15, -0.1) is 0 Å². The van der Waals surface area contributed by atoms with Gasteiger partial charge in [0, 0.05) is 35.3 Å². The Morgan fingerprint density at radius 3 is 2.53 bits per heavy atom. The van der Waals surface area contributed by atoms with E-state index in [1.165, 1.54) is 0 Å². The summed E-state index contributed by atoms with van der Waals surface area (Å²) < 4.78 is 33.2. The molecule has 0 radical (unpaired) electrons. The maximum Gasteiger partial charge on any atom is 0.251 e. The standard InChI is InChI=1S/C25H30N6O3/c1-16-14-33-11-9-30(16)23-20-7-8-21(18-5-4-6-19(13-18)24(32)26-3)27-22(20)28-25(29-23)31-10-12-34-15-17(31)2/h4-8,13,16-17H,9-12,14-15H2,1-3H3,(H,26,32)/t16-,17-/m0/s1/i3D3. The molecular formula is C25H30N6O3. The van der Waals surface area contributed by atoms with Gasteiger partial charge in [-0.1, -0.05) is 12.1 Å². The van der Waals surface area contributed by atoms with Gasteiger partial charge in [-0.25, -0.2) is 4.98 Å². The Balaban J connectivity index is 1.58. The van der Waals surface area contributed by atoms with E-state index in [9.17, 15) is 4.79 Å². The number of hydrogen-bond acceptors (Lipinski definition) is 8. The van der Waals surface area contributed by atoms with Crippen LogP contribution < -0.4 is 15.1 Å². The van der Waals surface area contributed by atoms with Gasteiger partial charge in [0.15, 0.2) is 5.65 Å². The van der Waals surface area contributed by atoms with E-state index in [1.807, 2.05) is 23.5 Å². The molecule has 0 bridgehead atoms. The van der Waals surface area contributed by atoms with Crippen molar-refractivity contribution in [1.29, 1.82) is 0 Å². The predicted molar refractivity (Wildman–Crippen MR) is 131 cm³/mol. The number of fused-ring (bicyclic) bond motifs is 1. The maximum absolute atomic E-state index is 12.4. The number of amides is 1. The van der Waals surface area contributed by atoms with Crippen LogP contribution in [0.15, 0.2) is 36.4 Å². The quantitative estimate of drug-likeness (QED) is 0.628. The molecule has 0 spiro atoms. The largest absolute Gasteiger partial charge is 0.377 e. The molecule has 178 valence electrons. The van der Waals surface area contributed by atoms with E-state index >= 15 is 0 Å². The fourth-order valence-electron chi connectivity index (χ4n) is 4.45. The molecule has 1 N–H and O–H groups in total. The van der Waals surface area contributed by atoms with Crippen LogP contribution >= 0.6 is 0 Å². The maximum atomic E-state index is 12.4. The monoisotopic (exact) mass is 465 g/mol. The highest BCUT2D eigenvalue weighted by Gasteiger charge is 2.27. The number of hydrogen-bond donors (Lipinski definition) is 1. The summed E-state index contributed by atoms with van der Waals surface area (Å²) in [7, 11) is 0. The Morgan fingerprint density at radius 2 is 1.79 bits per heavy atom. The number of benzene rings is 1. The van der Waals surface area contributed by atoms with Crippen LogP contribution in [-0.2, 0) is 9.47 Å². The zero-order valence-corrected chi connectivity index (χ0v) is 19.3. The minimum Gasteiger partial charge on any atom is -0.377 e. The number of morpholine rings is 2. The van der Waals surface area contributed by atoms with Crippen molar-refractivity contribution in [1.82, 2.24) is 20.3 Å². The van der Waals surface area contributed by atoms with Crippen LogP contribution in [0.3, 0.4) is 0 Å². The van der Waals surface area contributed by atoms with Crippen molar-refractivity contribution in [3.63, 3.8) is 0 Å². The SMILES string of the molecule is [2H]C([2H])([2H])NC(=O)c1cccc(-c2ccc3c(N4CCOC[C@@H]4C)nc(N4CCOC[C@@H]4C)nc3n2)c1. The van der Waals surface area contributed by atoms with Gasteiger partial charge in [0.05, 0.1) is 49.6 Å². The third kappa shape index (κ3) is 4.28. The number of aromatic nitrogens is 3. The molecule has 2 aliphatic heterocycles. The molecule has 9 nitrogen and oxygen atoms in total. The number of pyridine rings is 1. The zero-order valence-electron chi connectivity index (χ0n) is 22.3. The molecule has 4 heterocycles. The Hall–Kier alpha value is -3.30. The molecule has 0 unspecified atom stereocenters. The molecule has 34 heavy (non-hydrogen) atoms. The minimum atomic E-state index is -2.56. The summed E-state index contributed by atoms with van der Waals surface area (Å²) in [5, 5.41) is 2.86. The van der Waals surface area contributed by atoms with Crippen LogP contribution in [0.25, 0.3) is 22.3 Å². The lowest BCUT2D eigenvalue weighted by Crippen LogP contribution is -2.46. The van der Waals surface area contributed by atoms with Gasteiger partial charge in [0.1, 0.15) is 5.82 Å². The first-order chi connectivity index (χ1) is 17.7. The molecule has 2 fully saturated rings. The van der Waals surface area contributed by atoms with Crippen molar-refractivity contribution in [2.45, 2.75) is 25.9 Å². The van der Waals surface area contributed by atoms with Gasteiger partial charge in [-0.05, 0) is 38.1 Å². The Kier molecular flexibility index (Phi) is 5.33. The van der Waals surface area contributed by atoms with Gasteiger partial charge in [-0.3, -0.25) is 4.79 Å². The number of ether oxygens (including phenoxy) is 2. The van der Waals surface area contributed by atoms with Crippen molar-refractivity contribution in [3.8, 4) is 11.3 Å². The van der Waals surface area contributed by atoms with Gasteiger partial charge >= 0.3 is 0 Å². The normalized spacial score (nSPS) is 22.7. The Labute approximate surface area is 203 Å². The second-order valence-corrected chi connectivity index (χ2v) is 8.68. The summed E-state index contributed by atoms with van der Waals surface area (Å²) >= 11 is 0. The second kappa shape index (κ2) is 9.52. The summed E-state index contributed by atoms with van der Waals surface area (Å²) in [5.74, 6) is 0.754. The van der Waals surface area contributed by atoms with E-state index < -0.39 is 12.9 Å². The number of carbonyl (C=O) groups is 1. The number of anilines is 2. The van der Waals surface area contributed by atoms with Crippen LogP contribution in [0.2, 0.25) is 0 Å². The van der Waals surface area contributed by atoms with Crippen LogP contribution in [0.4, 0.5) is 11.8 Å². The lowest BCUT2D eigenvalue weighted by Gasteiger charge is -2.37. The second-order valence-electron chi connectivity index (χ2n) is 8.68. The molecule has 2 saturated heterocycles. The molecule has 2 aliphatic rings. The average Bonchev–Trinajstić information content (AvgIpc) is 2.87. The van der Waals surface area contributed by atoms with Crippen LogP contribution in [0.1, 0.15) is 28.3 Å². The van der Waals surface area contributed by atoms with E-state index in [2.05, 4.69) is 23.6 Å². The zero-order chi connectivity index (χ0) is 26.2. The van der Waals surface area contributed by atoms with E-state index in [4.69, 9.17) is 28.5 Å². The smallest absolute Gasteiger partial charge is 0.251 e. The van der Waals surface area contributed by atoms with Gasteiger partial charge in [0.25, 0.3) is 5.91 Å². The molecule has 0 aliphatic carbocycles. The topological polar surface area (TPSA) is 92.7 Å². The molecule has 1 aromatic carbocycles. The summed E-state index contributed by atoms with van der Waals surface area (Å²) in [5.41, 5.74) is 2.09. The van der Waals surface area contributed by atoms with Crippen molar-refractivity contribution < 1.29 is 18.4 Å². The molecule has 1 amide bonds. The summed E-state index contributed by atoms with van der Waals surface area (Å²) in [6.45, 7) is 5.48. The third-order valence-corrected chi connectivity index (χ3v) is 6.33. The lowest BCUT2D eigenvalue weighted by atomic mass is 10.1. The highest BCUT2D eigenvalue weighted by Crippen LogP contribution is 2.31. The van der Waals surface area contributed by atoms with Crippen molar-refractivity contribution in [2.75, 3.05) is 56.3 Å². The highest BCUT2D eigenvalue weighted by molar-refractivity contribution is 5.95. The first kappa shape index (κ1) is 19.1. The molecular weight excluding hydrogens is 432 g/mol. The van der Waals surface area contributed by atoms with Gasteiger partial charge in [0.2, 0.25) is 5.95 Å². The van der Waals surface area contributed by atoms with E-state index in [0.29, 0.717) is 62.4 Å². The van der Waals surface area contributed by atoms with Crippen LogP contribution in [-0.4, -0.2) is 79.4 Å². The number of nitrogens with one attached hydrogen (secondary N) is 1. The highest BCUT2D eigenvalue weighted by atomic mass is 16.5. The third-order valence-electron chi connectivity index (χ3n) is 6.33. The summed E-state index contributed by atoms with van der Waals surface area (Å²) in [4.78, 5) is 31.5. The lowest BCUT2D eigenvalue weighted by molar-refractivity contribution is 0.0962. The number of carbonyl (C=O) groups excluding carboxylic acids is 1. The number of rotatable bonds is 4. The molecule has 2 atom stereocenters. The molecule has 5 rings (SSSR count). The summed E-state index contributed by atoms with van der Waals surface area (Å²) in [6, 6.07) is 10.8. The summed E-state index contributed by atoms with van der Waals surface area (Å²) in [6.07, 6.45) is 0. The van der Waals surface area contributed by atoms with Crippen LogP contribution in [0.5, 0.6) is 0 Å². The molecule has 3 aromatic rings. The molecule has 2 aromatic heterocycles. The minimum absolute atomic E-state index is 0.123. The van der Waals surface area contributed by atoms with Crippen molar-refractivity contribution >= 4 is 28.7 Å². The van der Waals surface area contributed by atoms with Crippen LogP contribution in [0, 0.1) is 0 Å².